The van der Waals surface area contributed by atoms with Gasteiger partial charge < -0.3 is 14.3 Å². The van der Waals surface area contributed by atoms with Gasteiger partial charge in [-0.3, -0.25) is 0 Å². The van der Waals surface area contributed by atoms with Gasteiger partial charge in [-0.05, 0) is 12.2 Å². The van der Waals surface area contributed by atoms with Gasteiger partial charge in [-0.15, -0.1) is 10.1 Å². The van der Waals surface area contributed by atoms with E-state index in [1.54, 1.807) is 11.8 Å². The molecule has 92 valence electrons. The molecule has 0 aromatic carbocycles. The van der Waals surface area contributed by atoms with Crippen molar-refractivity contribution in [3.05, 3.63) is 10.1 Å². The highest BCUT2D eigenvalue weighted by molar-refractivity contribution is 8.00. The van der Waals surface area contributed by atoms with Crippen molar-refractivity contribution in [3.63, 3.8) is 0 Å². The predicted octanol–water partition coefficient (Wildman–Crippen LogP) is 0.873. The third-order valence-corrected chi connectivity index (χ3v) is 4.20. The summed E-state index contributed by atoms with van der Waals surface area (Å²) in [6, 6.07) is 0. The molecule has 2 rings (SSSR count). The Morgan fingerprint density at radius 3 is 2.88 bits per heavy atom. The van der Waals surface area contributed by atoms with Crippen molar-refractivity contribution in [3.8, 4) is 0 Å². The first-order valence-corrected chi connectivity index (χ1v) is 6.43. The number of thioether (sulfide) groups is 1. The Kier molecular flexibility index (Phi) is 3.88. The number of nitrogens with zero attached hydrogens (tertiary/aromatic N) is 1. The van der Waals surface area contributed by atoms with Crippen molar-refractivity contribution in [2.45, 2.75) is 36.9 Å². The number of hydrogen-bond acceptors (Lipinski definition) is 6. The van der Waals surface area contributed by atoms with Gasteiger partial charge in [0.1, 0.15) is 12.2 Å². The first-order chi connectivity index (χ1) is 7.72. The lowest BCUT2D eigenvalue weighted by molar-refractivity contribution is -0.769. The van der Waals surface area contributed by atoms with Gasteiger partial charge in [-0.1, -0.05) is 6.92 Å². The molecule has 0 saturated carbocycles. The second-order valence-corrected chi connectivity index (χ2v) is 5.22. The standard InChI is InChI=1S/C9H15NO5S/c1-2-3-16-7-5-14-8-6(15-10(11)12)4-13-9(7)8/h6-9H,2-5H2,1H3. The number of rotatable bonds is 5. The summed E-state index contributed by atoms with van der Waals surface area (Å²) in [5.74, 6) is 1.06. The number of fused-ring (bicyclic) bond motifs is 1. The molecule has 0 aliphatic carbocycles. The molecule has 2 heterocycles. The Balaban J connectivity index is 1.87. The monoisotopic (exact) mass is 249 g/mol. The maximum absolute atomic E-state index is 10.3. The maximum atomic E-state index is 10.3. The van der Waals surface area contributed by atoms with Gasteiger partial charge in [-0.2, -0.15) is 11.8 Å². The summed E-state index contributed by atoms with van der Waals surface area (Å²) in [4.78, 5) is 14.8. The van der Waals surface area contributed by atoms with E-state index < -0.39 is 11.2 Å². The van der Waals surface area contributed by atoms with E-state index in [0.717, 1.165) is 12.2 Å². The van der Waals surface area contributed by atoms with Crippen molar-refractivity contribution in [1.82, 2.24) is 0 Å². The molecule has 0 amide bonds. The molecule has 2 aliphatic rings. The number of hydrogen-bond donors (Lipinski definition) is 0. The molecule has 0 aromatic heterocycles. The van der Waals surface area contributed by atoms with E-state index in [0.29, 0.717) is 6.61 Å². The van der Waals surface area contributed by atoms with Crippen LogP contribution in [0.2, 0.25) is 0 Å². The summed E-state index contributed by atoms with van der Waals surface area (Å²) in [5.41, 5.74) is 0. The molecule has 4 atom stereocenters. The van der Waals surface area contributed by atoms with Crippen LogP contribution in [0.1, 0.15) is 13.3 Å². The SMILES string of the molecule is CCCSC1COC2C(O[N+](=O)[O-])COC12. The van der Waals surface area contributed by atoms with Gasteiger partial charge in [0.05, 0.1) is 18.5 Å². The van der Waals surface area contributed by atoms with E-state index in [4.69, 9.17) is 9.47 Å². The summed E-state index contributed by atoms with van der Waals surface area (Å²) in [7, 11) is 0. The van der Waals surface area contributed by atoms with Crippen LogP contribution >= 0.6 is 11.8 Å². The van der Waals surface area contributed by atoms with E-state index >= 15 is 0 Å². The van der Waals surface area contributed by atoms with Gasteiger partial charge in [0.25, 0.3) is 5.09 Å². The summed E-state index contributed by atoms with van der Waals surface area (Å²) < 4.78 is 11.0. The topological polar surface area (TPSA) is 70.8 Å². The first kappa shape index (κ1) is 11.9. The van der Waals surface area contributed by atoms with Gasteiger partial charge in [0, 0.05) is 0 Å². The van der Waals surface area contributed by atoms with Crippen LogP contribution in [-0.2, 0) is 14.3 Å². The first-order valence-electron chi connectivity index (χ1n) is 5.38. The minimum Gasteiger partial charge on any atom is -0.372 e. The minimum atomic E-state index is -0.772. The third-order valence-electron chi connectivity index (χ3n) is 2.72. The highest BCUT2D eigenvalue weighted by Gasteiger charge is 2.49. The second kappa shape index (κ2) is 5.20. The lowest BCUT2D eigenvalue weighted by Crippen LogP contribution is -2.33. The van der Waals surface area contributed by atoms with Crippen molar-refractivity contribution in [2.24, 2.45) is 0 Å². The lowest BCUT2D eigenvalue weighted by Gasteiger charge is -2.15. The minimum absolute atomic E-state index is 0.0542. The summed E-state index contributed by atoms with van der Waals surface area (Å²) in [6.07, 6.45) is 0.210. The van der Waals surface area contributed by atoms with Crippen LogP contribution in [0.15, 0.2) is 0 Å². The second-order valence-electron chi connectivity index (χ2n) is 3.87. The summed E-state index contributed by atoms with van der Waals surface area (Å²) in [5, 5.41) is 9.78. The van der Waals surface area contributed by atoms with Crippen LogP contribution in [-0.4, -0.2) is 47.6 Å². The molecular weight excluding hydrogens is 234 g/mol. The lowest BCUT2D eigenvalue weighted by atomic mass is 10.1. The molecule has 7 heteroatoms. The molecule has 0 N–H and O–H groups in total. The largest absolute Gasteiger partial charge is 0.372 e. The normalized spacial score (nSPS) is 37.3. The molecule has 0 spiro atoms. The van der Waals surface area contributed by atoms with Crippen molar-refractivity contribution in [2.75, 3.05) is 19.0 Å². The highest BCUT2D eigenvalue weighted by atomic mass is 32.2. The molecule has 2 saturated heterocycles. The van der Waals surface area contributed by atoms with Gasteiger partial charge >= 0.3 is 0 Å². The Hall–Kier alpha value is -0.530. The van der Waals surface area contributed by atoms with Gasteiger partial charge in [-0.25, -0.2) is 0 Å². The molecule has 2 fully saturated rings. The fourth-order valence-electron chi connectivity index (χ4n) is 2.04. The van der Waals surface area contributed by atoms with E-state index in [1.165, 1.54) is 0 Å². The van der Waals surface area contributed by atoms with Crippen LogP contribution in [0.4, 0.5) is 0 Å². The zero-order valence-corrected chi connectivity index (χ0v) is 9.85. The molecule has 0 aromatic rings. The fraction of sp³-hybridized carbons (Fsp3) is 1.00. The zero-order chi connectivity index (χ0) is 11.5. The smallest absolute Gasteiger partial charge is 0.294 e. The van der Waals surface area contributed by atoms with Crippen molar-refractivity contribution in [1.29, 1.82) is 0 Å². The van der Waals surface area contributed by atoms with E-state index in [2.05, 4.69) is 11.8 Å². The van der Waals surface area contributed by atoms with Gasteiger partial charge in [0.2, 0.25) is 0 Å². The quantitative estimate of drug-likeness (QED) is 0.532. The highest BCUT2D eigenvalue weighted by Crippen LogP contribution is 2.35. The van der Waals surface area contributed by atoms with E-state index in [-0.39, 0.29) is 24.1 Å². The Morgan fingerprint density at radius 2 is 2.19 bits per heavy atom. The molecule has 0 bridgehead atoms. The van der Waals surface area contributed by atoms with Crippen LogP contribution < -0.4 is 0 Å². The average Bonchev–Trinajstić information content (AvgIpc) is 2.78. The third kappa shape index (κ3) is 2.41. The van der Waals surface area contributed by atoms with E-state index in [1.807, 2.05) is 0 Å². The molecule has 4 unspecified atom stereocenters. The zero-order valence-electron chi connectivity index (χ0n) is 9.03. The van der Waals surface area contributed by atoms with Crippen molar-refractivity contribution < 1.29 is 19.4 Å². The average molecular weight is 249 g/mol. The van der Waals surface area contributed by atoms with Crippen LogP contribution in [0.5, 0.6) is 0 Å². The fourth-order valence-corrected chi connectivity index (χ4v) is 3.18. The van der Waals surface area contributed by atoms with Crippen LogP contribution in [0.3, 0.4) is 0 Å². The molecular formula is C9H15NO5S. The Labute approximate surface area is 97.7 Å². The van der Waals surface area contributed by atoms with Crippen LogP contribution in [0.25, 0.3) is 0 Å². The summed E-state index contributed by atoms with van der Waals surface area (Å²) >= 11 is 1.81. The predicted molar refractivity (Wildman–Crippen MR) is 57.9 cm³/mol. The molecule has 2 aliphatic heterocycles. The van der Waals surface area contributed by atoms with Crippen molar-refractivity contribution >= 4 is 11.8 Å². The molecule has 16 heavy (non-hydrogen) atoms. The number of ether oxygens (including phenoxy) is 2. The van der Waals surface area contributed by atoms with E-state index in [9.17, 15) is 10.1 Å². The molecule has 6 nitrogen and oxygen atoms in total. The van der Waals surface area contributed by atoms with Crippen LogP contribution in [0, 0.1) is 10.1 Å². The molecule has 0 radical (unpaired) electrons. The van der Waals surface area contributed by atoms with Gasteiger partial charge in [0.15, 0.2) is 6.10 Å². The Morgan fingerprint density at radius 1 is 1.44 bits per heavy atom. The Bertz CT molecular complexity index is 264. The summed E-state index contributed by atoms with van der Waals surface area (Å²) in [6.45, 7) is 2.96. The maximum Gasteiger partial charge on any atom is 0.294 e.